The van der Waals surface area contributed by atoms with Gasteiger partial charge in [-0.1, -0.05) is 28.9 Å². The SMILES string of the molecule is Cc1ccc(N(C)Cc2ccc(F)cc2C(N)=NO)cc1. The van der Waals surface area contributed by atoms with Crippen molar-refractivity contribution in [2.45, 2.75) is 13.5 Å². The van der Waals surface area contributed by atoms with Crippen LogP contribution in [0, 0.1) is 12.7 Å². The van der Waals surface area contributed by atoms with E-state index in [4.69, 9.17) is 10.9 Å². The Morgan fingerprint density at radius 2 is 1.90 bits per heavy atom. The summed E-state index contributed by atoms with van der Waals surface area (Å²) in [5.41, 5.74) is 9.02. The highest BCUT2D eigenvalue weighted by molar-refractivity contribution is 5.98. The Bertz CT molecular complexity index is 653. The molecule has 0 unspecified atom stereocenters. The molecule has 21 heavy (non-hydrogen) atoms. The first-order valence-electron chi connectivity index (χ1n) is 6.55. The van der Waals surface area contributed by atoms with E-state index in [0.717, 1.165) is 11.3 Å². The molecule has 0 saturated heterocycles. The lowest BCUT2D eigenvalue weighted by molar-refractivity contribution is 0.318. The number of nitrogens with two attached hydrogens (primary N) is 1. The van der Waals surface area contributed by atoms with Crippen LogP contribution in [-0.2, 0) is 6.54 Å². The molecule has 0 aliphatic carbocycles. The topological polar surface area (TPSA) is 61.8 Å². The van der Waals surface area contributed by atoms with Crippen LogP contribution in [0.5, 0.6) is 0 Å². The summed E-state index contributed by atoms with van der Waals surface area (Å²) in [4.78, 5) is 2.01. The van der Waals surface area contributed by atoms with Crippen molar-refractivity contribution in [1.29, 1.82) is 0 Å². The van der Waals surface area contributed by atoms with E-state index in [2.05, 4.69) is 5.16 Å². The number of hydrogen-bond acceptors (Lipinski definition) is 3. The van der Waals surface area contributed by atoms with Gasteiger partial charge in [0.2, 0.25) is 0 Å². The third kappa shape index (κ3) is 3.51. The van der Waals surface area contributed by atoms with Crippen molar-refractivity contribution in [3.8, 4) is 0 Å². The quantitative estimate of drug-likeness (QED) is 0.393. The van der Waals surface area contributed by atoms with Crippen molar-refractivity contribution in [2.24, 2.45) is 10.9 Å². The number of aryl methyl sites for hydroxylation is 1. The molecule has 0 saturated carbocycles. The van der Waals surface area contributed by atoms with Crippen LogP contribution in [0.4, 0.5) is 10.1 Å². The number of benzene rings is 2. The molecule has 2 rings (SSSR count). The number of anilines is 1. The summed E-state index contributed by atoms with van der Waals surface area (Å²) in [6.07, 6.45) is 0. The monoisotopic (exact) mass is 287 g/mol. The predicted molar refractivity (Wildman–Crippen MR) is 82.2 cm³/mol. The van der Waals surface area contributed by atoms with Crippen molar-refractivity contribution in [2.75, 3.05) is 11.9 Å². The first-order valence-corrected chi connectivity index (χ1v) is 6.55. The van der Waals surface area contributed by atoms with Crippen LogP contribution in [0.15, 0.2) is 47.6 Å². The second-order valence-electron chi connectivity index (χ2n) is 4.98. The zero-order chi connectivity index (χ0) is 15.4. The molecule has 0 atom stereocenters. The van der Waals surface area contributed by atoms with Gasteiger partial charge in [-0.3, -0.25) is 0 Å². The molecule has 110 valence electrons. The average molecular weight is 287 g/mol. The van der Waals surface area contributed by atoms with Crippen molar-refractivity contribution in [3.05, 3.63) is 65.0 Å². The van der Waals surface area contributed by atoms with Crippen LogP contribution < -0.4 is 10.6 Å². The van der Waals surface area contributed by atoms with Gasteiger partial charge in [-0.25, -0.2) is 4.39 Å². The second-order valence-corrected chi connectivity index (χ2v) is 4.98. The number of oxime groups is 1. The summed E-state index contributed by atoms with van der Waals surface area (Å²) in [7, 11) is 1.93. The molecule has 0 spiro atoms. The van der Waals surface area contributed by atoms with Gasteiger partial charge in [0.15, 0.2) is 5.84 Å². The van der Waals surface area contributed by atoms with Crippen LogP contribution in [0.25, 0.3) is 0 Å². The molecule has 2 aromatic rings. The van der Waals surface area contributed by atoms with Gasteiger partial charge in [-0.05, 0) is 36.8 Å². The van der Waals surface area contributed by atoms with Gasteiger partial charge >= 0.3 is 0 Å². The van der Waals surface area contributed by atoms with E-state index in [0.29, 0.717) is 12.1 Å². The van der Waals surface area contributed by atoms with E-state index >= 15 is 0 Å². The van der Waals surface area contributed by atoms with Crippen LogP contribution in [-0.4, -0.2) is 18.1 Å². The minimum atomic E-state index is -0.418. The minimum absolute atomic E-state index is 0.0955. The van der Waals surface area contributed by atoms with E-state index < -0.39 is 5.82 Å². The fraction of sp³-hybridized carbons (Fsp3) is 0.188. The maximum atomic E-state index is 13.3. The van der Waals surface area contributed by atoms with Crippen LogP contribution in [0.1, 0.15) is 16.7 Å². The highest BCUT2D eigenvalue weighted by Gasteiger charge is 2.11. The summed E-state index contributed by atoms with van der Waals surface area (Å²) in [5, 5.41) is 11.8. The molecule has 2 aromatic carbocycles. The number of nitrogens with zero attached hydrogens (tertiary/aromatic N) is 2. The Labute approximate surface area is 123 Å². The number of hydrogen-bond donors (Lipinski definition) is 2. The van der Waals surface area contributed by atoms with E-state index in [-0.39, 0.29) is 5.84 Å². The molecule has 0 fully saturated rings. The van der Waals surface area contributed by atoms with Crippen LogP contribution in [0.2, 0.25) is 0 Å². The zero-order valence-corrected chi connectivity index (χ0v) is 12.0. The second kappa shape index (κ2) is 6.26. The third-order valence-corrected chi connectivity index (χ3v) is 3.34. The van der Waals surface area contributed by atoms with Crippen molar-refractivity contribution in [3.63, 3.8) is 0 Å². The third-order valence-electron chi connectivity index (χ3n) is 3.34. The maximum Gasteiger partial charge on any atom is 0.170 e. The lowest BCUT2D eigenvalue weighted by Gasteiger charge is -2.21. The number of amidine groups is 1. The average Bonchev–Trinajstić information content (AvgIpc) is 2.48. The first kappa shape index (κ1) is 14.8. The summed E-state index contributed by atoms with van der Waals surface area (Å²) in [5.74, 6) is -0.514. The molecule has 0 heterocycles. The lowest BCUT2D eigenvalue weighted by Crippen LogP contribution is -2.21. The van der Waals surface area contributed by atoms with Gasteiger partial charge in [0.1, 0.15) is 5.82 Å². The molecule has 0 aliphatic heterocycles. The summed E-state index contributed by atoms with van der Waals surface area (Å²) >= 11 is 0. The molecule has 5 heteroatoms. The van der Waals surface area contributed by atoms with E-state index in [1.165, 1.54) is 17.7 Å². The molecular formula is C16H18FN3O. The highest BCUT2D eigenvalue weighted by atomic mass is 19.1. The van der Waals surface area contributed by atoms with E-state index in [9.17, 15) is 4.39 Å². The molecule has 0 radical (unpaired) electrons. The normalized spacial score (nSPS) is 11.5. The van der Waals surface area contributed by atoms with Gasteiger partial charge in [-0.2, -0.15) is 0 Å². The molecule has 3 N–H and O–H groups in total. The van der Waals surface area contributed by atoms with E-state index in [1.54, 1.807) is 6.07 Å². The molecule has 0 aromatic heterocycles. The first-order chi connectivity index (χ1) is 10.0. The van der Waals surface area contributed by atoms with Gasteiger partial charge in [0, 0.05) is 24.8 Å². The Morgan fingerprint density at radius 3 is 2.52 bits per heavy atom. The summed E-state index contributed by atoms with van der Waals surface area (Å²) < 4.78 is 13.3. The van der Waals surface area contributed by atoms with E-state index in [1.807, 2.05) is 43.1 Å². The van der Waals surface area contributed by atoms with Gasteiger partial charge < -0.3 is 15.8 Å². The fourth-order valence-corrected chi connectivity index (χ4v) is 2.12. The Kier molecular flexibility index (Phi) is 4.42. The standard InChI is InChI=1S/C16H18FN3O/c1-11-3-7-14(8-4-11)20(2)10-12-5-6-13(17)9-15(12)16(18)19-21/h3-9,21H,10H2,1-2H3,(H2,18,19). The minimum Gasteiger partial charge on any atom is -0.409 e. The van der Waals surface area contributed by atoms with Gasteiger partial charge in [0.05, 0.1) is 0 Å². The smallest absolute Gasteiger partial charge is 0.170 e. The molecule has 0 aliphatic rings. The molecule has 4 nitrogen and oxygen atoms in total. The Morgan fingerprint density at radius 1 is 1.24 bits per heavy atom. The molecular weight excluding hydrogens is 269 g/mol. The molecule has 0 amide bonds. The van der Waals surface area contributed by atoms with Crippen LogP contribution >= 0.6 is 0 Å². The fourth-order valence-electron chi connectivity index (χ4n) is 2.12. The summed E-state index contributed by atoms with van der Waals surface area (Å²) in [6.45, 7) is 2.55. The lowest BCUT2D eigenvalue weighted by atomic mass is 10.1. The van der Waals surface area contributed by atoms with Crippen molar-refractivity contribution in [1.82, 2.24) is 0 Å². The molecule has 0 bridgehead atoms. The van der Waals surface area contributed by atoms with Crippen molar-refractivity contribution >= 4 is 11.5 Å². The van der Waals surface area contributed by atoms with Gasteiger partial charge in [-0.15, -0.1) is 0 Å². The predicted octanol–water partition coefficient (Wildman–Crippen LogP) is 2.87. The van der Waals surface area contributed by atoms with Crippen molar-refractivity contribution < 1.29 is 9.60 Å². The largest absolute Gasteiger partial charge is 0.409 e. The maximum absolute atomic E-state index is 13.3. The van der Waals surface area contributed by atoms with Gasteiger partial charge in [0.25, 0.3) is 0 Å². The zero-order valence-electron chi connectivity index (χ0n) is 12.0. The Balaban J connectivity index is 2.28. The Hall–Kier alpha value is -2.56. The number of rotatable bonds is 4. The summed E-state index contributed by atoms with van der Waals surface area (Å²) in [6, 6.07) is 12.4. The highest BCUT2D eigenvalue weighted by Crippen LogP contribution is 2.19. The number of halogens is 1. The van der Waals surface area contributed by atoms with Crippen LogP contribution in [0.3, 0.4) is 0 Å².